The first-order valence-corrected chi connectivity index (χ1v) is 12.7. The Morgan fingerprint density at radius 1 is 1.05 bits per heavy atom. The third-order valence-electron chi connectivity index (χ3n) is 6.66. The average molecular weight is 516 g/mol. The molecule has 3 aromatic carbocycles. The van der Waals surface area contributed by atoms with Crippen molar-refractivity contribution in [2.45, 2.75) is 51.9 Å². The zero-order valence-electron chi connectivity index (χ0n) is 22.1. The minimum absolute atomic E-state index is 0.0470. The number of nitrogens with one attached hydrogen (secondary N) is 2. The molecule has 0 saturated carbocycles. The standard InChI is InChI=1S/C30H33N3O5/c1-5-20(3)31-29(35)26-27(38-30(36)33(26)18-21-11-9-19(2)10-12-21)22-13-15-24(16-14-22)32-28(34)23-7-6-8-25(17-23)37-4/h6-17,20,26-27H,5,18H2,1-4H3,(H,31,35)(H,32,34). The molecule has 198 valence electrons. The Kier molecular flexibility index (Phi) is 8.31. The van der Waals surface area contributed by atoms with E-state index in [0.717, 1.165) is 17.5 Å². The Morgan fingerprint density at radius 3 is 2.42 bits per heavy atom. The average Bonchev–Trinajstić information content (AvgIpc) is 3.25. The van der Waals surface area contributed by atoms with Crippen LogP contribution in [0.3, 0.4) is 0 Å². The molecule has 0 spiro atoms. The van der Waals surface area contributed by atoms with Gasteiger partial charge in [0.25, 0.3) is 5.91 Å². The normalized spacial score (nSPS) is 17.5. The van der Waals surface area contributed by atoms with Crippen molar-refractivity contribution in [1.29, 1.82) is 0 Å². The van der Waals surface area contributed by atoms with Gasteiger partial charge in [0.15, 0.2) is 12.1 Å². The summed E-state index contributed by atoms with van der Waals surface area (Å²) in [6.07, 6.45) is -0.576. The number of aryl methyl sites for hydroxylation is 1. The van der Waals surface area contributed by atoms with Gasteiger partial charge in [-0.1, -0.05) is 55.0 Å². The Labute approximate surface area is 222 Å². The second kappa shape index (κ2) is 11.8. The highest BCUT2D eigenvalue weighted by Crippen LogP contribution is 2.34. The fraction of sp³-hybridized carbons (Fsp3) is 0.300. The largest absolute Gasteiger partial charge is 0.497 e. The van der Waals surface area contributed by atoms with Gasteiger partial charge in [-0.2, -0.15) is 0 Å². The molecule has 4 rings (SSSR count). The molecule has 8 heteroatoms. The summed E-state index contributed by atoms with van der Waals surface area (Å²) >= 11 is 0. The molecule has 0 aromatic heterocycles. The number of nitrogens with zero attached hydrogens (tertiary/aromatic N) is 1. The predicted molar refractivity (Wildman–Crippen MR) is 145 cm³/mol. The molecule has 1 aliphatic heterocycles. The van der Waals surface area contributed by atoms with Crippen molar-refractivity contribution < 1.29 is 23.9 Å². The number of benzene rings is 3. The van der Waals surface area contributed by atoms with Gasteiger partial charge in [-0.15, -0.1) is 0 Å². The van der Waals surface area contributed by atoms with Gasteiger partial charge < -0.3 is 20.1 Å². The van der Waals surface area contributed by atoms with Crippen molar-refractivity contribution in [2.24, 2.45) is 0 Å². The number of amides is 3. The van der Waals surface area contributed by atoms with Crippen LogP contribution < -0.4 is 15.4 Å². The number of methoxy groups -OCH3 is 1. The van der Waals surface area contributed by atoms with Crippen molar-refractivity contribution in [2.75, 3.05) is 12.4 Å². The molecule has 2 N–H and O–H groups in total. The SMILES string of the molecule is CCC(C)NC(=O)C1C(c2ccc(NC(=O)c3cccc(OC)c3)cc2)OC(=O)N1Cc1ccc(C)cc1. The molecule has 3 unspecified atom stereocenters. The van der Waals surface area contributed by atoms with Crippen LogP contribution in [0, 0.1) is 6.92 Å². The van der Waals surface area contributed by atoms with Crippen LogP contribution in [-0.4, -0.2) is 42.0 Å². The minimum Gasteiger partial charge on any atom is -0.497 e. The maximum atomic E-state index is 13.4. The molecule has 3 amide bonds. The van der Waals surface area contributed by atoms with E-state index in [1.807, 2.05) is 45.0 Å². The van der Waals surface area contributed by atoms with E-state index in [4.69, 9.17) is 9.47 Å². The Balaban J connectivity index is 1.55. The van der Waals surface area contributed by atoms with E-state index >= 15 is 0 Å². The lowest BCUT2D eigenvalue weighted by Gasteiger charge is -2.25. The van der Waals surface area contributed by atoms with Crippen molar-refractivity contribution in [3.63, 3.8) is 0 Å². The van der Waals surface area contributed by atoms with Gasteiger partial charge in [-0.25, -0.2) is 4.79 Å². The van der Waals surface area contributed by atoms with Gasteiger partial charge >= 0.3 is 6.09 Å². The zero-order valence-corrected chi connectivity index (χ0v) is 22.1. The van der Waals surface area contributed by atoms with Crippen LogP contribution in [0.4, 0.5) is 10.5 Å². The Bertz CT molecular complexity index is 1290. The molecule has 3 atom stereocenters. The van der Waals surface area contributed by atoms with Crippen LogP contribution >= 0.6 is 0 Å². The summed E-state index contributed by atoms with van der Waals surface area (Å²) in [5.74, 6) is 0.0460. The molecular weight excluding hydrogens is 482 g/mol. The van der Waals surface area contributed by atoms with E-state index in [2.05, 4.69) is 10.6 Å². The number of hydrogen-bond donors (Lipinski definition) is 2. The lowest BCUT2D eigenvalue weighted by Crippen LogP contribution is -2.48. The van der Waals surface area contributed by atoms with Crippen LogP contribution in [0.15, 0.2) is 72.8 Å². The third-order valence-corrected chi connectivity index (χ3v) is 6.66. The quantitative estimate of drug-likeness (QED) is 0.407. The van der Waals surface area contributed by atoms with Crippen molar-refractivity contribution in [3.05, 3.63) is 95.1 Å². The summed E-state index contributed by atoms with van der Waals surface area (Å²) < 4.78 is 10.9. The maximum absolute atomic E-state index is 13.4. The maximum Gasteiger partial charge on any atom is 0.411 e. The number of ether oxygens (including phenoxy) is 2. The fourth-order valence-electron chi connectivity index (χ4n) is 4.25. The fourth-order valence-corrected chi connectivity index (χ4v) is 4.25. The second-order valence-electron chi connectivity index (χ2n) is 9.49. The molecule has 0 aliphatic carbocycles. The minimum atomic E-state index is -0.838. The molecule has 38 heavy (non-hydrogen) atoms. The van der Waals surface area contributed by atoms with Crippen LogP contribution in [0.1, 0.15) is 53.4 Å². The van der Waals surface area contributed by atoms with E-state index in [9.17, 15) is 14.4 Å². The van der Waals surface area contributed by atoms with Crippen LogP contribution in [0.25, 0.3) is 0 Å². The second-order valence-corrected chi connectivity index (χ2v) is 9.49. The molecule has 3 aromatic rings. The lowest BCUT2D eigenvalue weighted by atomic mass is 9.99. The van der Waals surface area contributed by atoms with Gasteiger partial charge in [0, 0.05) is 17.3 Å². The first-order chi connectivity index (χ1) is 18.3. The summed E-state index contributed by atoms with van der Waals surface area (Å²) in [4.78, 5) is 40.5. The highest BCUT2D eigenvalue weighted by Gasteiger charge is 2.47. The molecule has 1 fully saturated rings. The monoisotopic (exact) mass is 515 g/mol. The third kappa shape index (κ3) is 6.14. The molecule has 0 bridgehead atoms. The smallest absolute Gasteiger partial charge is 0.411 e. The first-order valence-electron chi connectivity index (χ1n) is 12.7. The first kappa shape index (κ1) is 26.7. The number of hydrogen-bond acceptors (Lipinski definition) is 5. The van der Waals surface area contributed by atoms with Crippen LogP contribution in [0.5, 0.6) is 5.75 Å². The number of rotatable bonds is 9. The molecular formula is C30H33N3O5. The van der Waals surface area contributed by atoms with E-state index in [1.165, 1.54) is 4.90 Å². The van der Waals surface area contributed by atoms with Gasteiger partial charge in [0.1, 0.15) is 5.75 Å². The van der Waals surface area contributed by atoms with Crippen LogP contribution in [-0.2, 0) is 16.1 Å². The molecule has 1 saturated heterocycles. The van der Waals surface area contributed by atoms with Gasteiger partial charge in [0.05, 0.1) is 13.7 Å². The van der Waals surface area contributed by atoms with Gasteiger partial charge in [0.2, 0.25) is 5.91 Å². The van der Waals surface area contributed by atoms with Crippen molar-refractivity contribution in [3.8, 4) is 5.75 Å². The zero-order chi connectivity index (χ0) is 27.2. The van der Waals surface area contributed by atoms with Crippen molar-refractivity contribution >= 4 is 23.6 Å². The van der Waals surface area contributed by atoms with Crippen LogP contribution in [0.2, 0.25) is 0 Å². The molecule has 0 radical (unpaired) electrons. The summed E-state index contributed by atoms with van der Waals surface area (Å²) in [5, 5.41) is 5.86. The van der Waals surface area contributed by atoms with E-state index in [1.54, 1.807) is 55.6 Å². The number of carbonyl (C=O) groups is 3. The van der Waals surface area contributed by atoms with Crippen molar-refractivity contribution in [1.82, 2.24) is 10.2 Å². The number of anilines is 1. The van der Waals surface area contributed by atoms with E-state index in [0.29, 0.717) is 22.6 Å². The highest BCUT2D eigenvalue weighted by molar-refractivity contribution is 6.04. The molecule has 1 aliphatic rings. The topological polar surface area (TPSA) is 97.0 Å². The summed E-state index contributed by atoms with van der Waals surface area (Å²) in [5.41, 5.74) is 3.72. The number of carbonyl (C=O) groups excluding carboxylic acids is 3. The van der Waals surface area contributed by atoms with Gasteiger partial charge in [-0.3, -0.25) is 14.5 Å². The Morgan fingerprint density at radius 2 is 1.76 bits per heavy atom. The summed E-state index contributed by atoms with van der Waals surface area (Å²) in [6, 6.07) is 20.8. The summed E-state index contributed by atoms with van der Waals surface area (Å²) in [7, 11) is 1.55. The lowest BCUT2D eigenvalue weighted by molar-refractivity contribution is -0.127. The van der Waals surface area contributed by atoms with E-state index in [-0.39, 0.29) is 24.4 Å². The summed E-state index contributed by atoms with van der Waals surface area (Å²) in [6.45, 7) is 6.16. The Hall–Kier alpha value is -4.33. The molecule has 1 heterocycles. The molecule has 8 nitrogen and oxygen atoms in total. The number of cyclic esters (lactones) is 1. The highest BCUT2D eigenvalue weighted by atomic mass is 16.6. The predicted octanol–water partition coefficient (Wildman–Crippen LogP) is 5.23. The van der Waals surface area contributed by atoms with E-state index < -0.39 is 18.2 Å². The van der Waals surface area contributed by atoms with Gasteiger partial charge in [-0.05, 0) is 61.7 Å².